The summed E-state index contributed by atoms with van der Waals surface area (Å²) in [7, 11) is 3.19. The molecular formula is C27H38N2O9. The molecule has 0 aliphatic carbocycles. The number of nitrogens with one attached hydrogen (secondary N) is 2. The third-order valence-corrected chi connectivity index (χ3v) is 5.65. The lowest BCUT2D eigenvalue weighted by Gasteiger charge is -2.34. The number of carbonyl (C=O) groups excluding carboxylic acids is 1. The highest BCUT2D eigenvalue weighted by Gasteiger charge is 2.42. The molecule has 1 fully saturated rings. The minimum Gasteiger partial charge on any atom is -0.491 e. The zero-order chi connectivity index (χ0) is 26.8. The minimum absolute atomic E-state index is 0.0393. The van der Waals surface area contributed by atoms with Crippen molar-refractivity contribution in [2.75, 3.05) is 67.4 Å². The fourth-order valence-electron chi connectivity index (χ4n) is 3.76. The van der Waals surface area contributed by atoms with Gasteiger partial charge in [0.2, 0.25) is 0 Å². The zero-order valence-electron chi connectivity index (χ0n) is 21.9. The smallest absolute Gasteiger partial charge is 0.315 e. The van der Waals surface area contributed by atoms with Crippen LogP contribution in [0.1, 0.15) is 0 Å². The highest BCUT2D eigenvalue weighted by Crippen LogP contribution is 2.20. The monoisotopic (exact) mass is 534 g/mol. The van der Waals surface area contributed by atoms with E-state index in [1.807, 2.05) is 60.7 Å². The Morgan fingerprint density at radius 1 is 0.632 bits per heavy atom. The normalized spacial score (nSPS) is 21.3. The number of urea groups is 1. The van der Waals surface area contributed by atoms with Crippen LogP contribution in [0.25, 0.3) is 0 Å². The van der Waals surface area contributed by atoms with Gasteiger partial charge in [-0.3, -0.25) is 0 Å². The van der Waals surface area contributed by atoms with Gasteiger partial charge >= 0.3 is 6.03 Å². The fraction of sp³-hybridized carbons (Fsp3) is 0.519. The van der Waals surface area contributed by atoms with Crippen LogP contribution in [0.5, 0.6) is 11.5 Å². The van der Waals surface area contributed by atoms with Gasteiger partial charge in [-0.25, -0.2) is 4.79 Å². The lowest BCUT2D eigenvalue weighted by atomic mass is 10.0. The number of hydrogen-bond donors (Lipinski definition) is 2. The molecule has 1 aliphatic heterocycles. The van der Waals surface area contributed by atoms with E-state index in [1.54, 1.807) is 14.2 Å². The molecule has 1 aliphatic rings. The molecule has 11 heteroatoms. The van der Waals surface area contributed by atoms with Gasteiger partial charge in [0.25, 0.3) is 0 Å². The van der Waals surface area contributed by atoms with Gasteiger partial charge in [0, 0.05) is 14.2 Å². The summed E-state index contributed by atoms with van der Waals surface area (Å²) in [5.74, 6) is 1.33. The first-order valence-electron chi connectivity index (χ1n) is 12.5. The lowest BCUT2D eigenvalue weighted by molar-refractivity contribution is -0.185. The van der Waals surface area contributed by atoms with Crippen LogP contribution in [0.15, 0.2) is 60.7 Å². The van der Waals surface area contributed by atoms with Crippen LogP contribution in [-0.4, -0.2) is 97.8 Å². The molecule has 2 aromatic rings. The van der Waals surface area contributed by atoms with Gasteiger partial charge in [-0.15, -0.1) is 0 Å². The quantitative estimate of drug-likeness (QED) is 0.219. The van der Waals surface area contributed by atoms with Crippen molar-refractivity contribution in [2.45, 2.75) is 24.3 Å². The van der Waals surface area contributed by atoms with Crippen molar-refractivity contribution in [3.8, 4) is 11.5 Å². The molecule has 11 nitrogen and oxygen atoms in total. The molecule has 2 aromatic carbocycles. The first-order chi connectivity index (χ1) is 18.7. The molecule has 1 heterocycles. The standard InChI is InChI=1S/C27H38N2O9/c1-31-13-15-33-19-37-25-23(17-35-21-9-5-3-6-10-21)28-27(30)29-24(18-36-22-11-7-4-8-12-22)26(25)38-20-34-16-14-32-2/h3-12,23-26H,13-20H2,1-2H3,(H2,28,29,30)/t23-,24-,25+,26+/m0/s1. The Balaban J connectivity index is 1.77. The summed E-state index contributed by atoms with van der Waals surface area (Å²) in [6, 6.07) is 17.1. The van der Waals surface area contributed by atoms with Crippen molar-refractivity contribution >= 4 is 6.03 Å². The van der Waals surface area contributed by atoms with Crippen LogP contribution in [0, 0.1) is 0 Å². The number of ether oxygens (including phenoxy) is 8. The van der Waals surface area contributed by atoms with Crippen molar-refractivity contribution in [1.82, 2.24) is 10.6 Å². The number of hydrogen-bond acceptors (Lipinski definition) is 9. The van der Waals surface area contributed by atoms with Gasteiger partial charge in [-0.05, 0) is 24.3 Å². The number of benzene rings is 2. The van der Waals surface area contributed by atoms with Crippen LogP contribution < -0.4 is 20.1 Å². The molecule has 0 saturated carbocycles. The van der Waals surface area contributed by atoms with Crippen molar-refractivity contribution in [3.05, 3.63) is 60.7 Å². The fourth-order valence-corrected chi connectivity index (χ4v) is 3.76. The molecule has 0 unspecified atom stereocenters. The molecule has 210 valence electrons. The third kappa shape index (κ3) is 10.4. The molecule has 38 heavy (non-hydrogen) atoms. The van der Waals surface area contributed by atoms with Gasteiger partial charge in [0.05, 0.1) is 38.5 Å². The van der Waals surface area contributed by atoms with Gasteiger partial charge in [0.1, 0.15) is 50.5 Å². The van der Waals surface area contributed by atoms with Gasteiger partial charge < -0.3 is 48.5 Å². The second-order valence-electron chi connectivity index (χ2n) is 8.38. The van der Waals surface area contributed by atoms with Crippen molar-refractivity contribution in [1.29, 1.82) is 0 Å². The SMILES string of the molecule is COCCOCO[C@H]1[C@H](OCOCCOC)[C@H](COc2ccccc2)NC(=O)N[C@H]1COc1ccccc1. The maximum Gasteiger partial charge on any atom is 0.315 e. The summed E-state index contributed by atoms with van der Waals surface area (Å²) >= 11 is 0. The Kier molecular flexibility index (Phi) is 13.7. The maximum absolute atomic E-state index is 12.9. The van der Waals surface area contributed by atoms with Crippen molar-refractivity contribution < 1.29 is 42.7 Å². The largest absolute Gasteiger partial charge is 0.491 e. The topological polar surface area (TPSA) is 115 Å². The lowest BCUT2D eigenvalue weighted by Crippen LogP contribution is -2.54. The number of para-hydroxylation sites is 2. The summed E-state index contributed by atoms with van der Waals surface area (Å²) < 4.78 is 45.5. The van der Waals surface area contributed by atoms with E-state index >= 15 is 0 Å². The molecule has 2 amide bonds. The minimum atomic E-state index is -0.671. The first kappa shape index (κ1) is 29.6. The molecular weight excluding hydrogens is 496 g/mol. The average Bonchev–Trinajstić information content (AvgIpc) is 3.07. The second-order valence-corrected chi connectivity index (χ2v) is 8.38. The maximum atomic E-state index is 12.9. The average molecular weight is 535 g/mol. The molecule has 1 saturated heterocycles. The van der Waals surface area contributed by atoms with Gasteiger partial charge in [0.15, 0.2) is 0 Å². The van der Waals surface area contributed by atoms with E-state index in [0.717, 1.165) is 0 Å². The van der Waals surface area contributed by atoms with Crippen LogP contribution in [-0.2, 0) is 28.4 Å². The first-order valence-corrected chi connectivity index (χ1v) is 12.5. The van der Waals surface area contributed by atoms with E-state index in [2.05, 4.69) is 10.6 Å². The number of rotatable bonds is 18. The van der Waals surface area contributed by atoms with E-state index in [4.69, 9.17) is 37.9 Å². The summed E-state index contributed by atoms with van der Waals surface area (Å²) in [6.45, 7) is 1.75. The van der Waals surface area contributed by atoms with E-state index in [-0.39, 0.29) is 26.8 Å². The van der Waals surface area contributed by atoms with Crippen LogP contribution in [0.3, 0.4) is 0 Å². The zero-order valence-corrected chi connectivity index (χ0v) is 21.9. The second kappa shape index (κ2) is 17.6. The Labute approximate surface area is 223 Å². The number of amides is 2. The van der Waals surface area contributed by atoms with E-state index < -0.39 is 30.3 Å². The summed E-state index contributed by atoms with van der Waals surface area (Å²) in [5.41, 5.74) is 0. The summed E-state index contributed by atoms with van der Waals surface area (Å²) in [4.78, 5) is 12.9. The predicted molar refractivity (Wildman–Crippen MR) is 138 cm³/mol. The van der Waals surface area contributed by atoms with Crippen LogP contribution in [0.2, 0.25) is 0 Å². The Hall–Kier alpha value is -2.93. The van der Waals surface area contributed by atoms with Gasteiger partial charge in [-0.1, -0.05) is 36.4 Å². The summed E-state index contributed by atoms with van der Waals surface area (Å²) in [6.07, 6.45) is -1.34. The molecule has 4 atom stereocenters. The van der Waals surface area contributed by atoms with E-state index in [0.29, 0.717) is 37.9 Å². The molecule has 0 radical (unpaired) electrons. The Morgan fingerprint density at radius 3 is 1.45 bits per heavy atom. The third-order valence-electron chi connectivity index (χ3n) is 5.65. The van der Waals surface area contributed by atoms with E-state index in [1.165, 1.54) is 0 Å². The van der Waals surface area contributed by atoms with E-state index in [9.17, 15) is 4.79 Å². The summed E-state index contributed by atoms with van der Waals surface area (Å²) in [5, 5.41) is 5.89. The Morgan fingerprint density at radius 2 is 1.05 bits per heavy atom. The van der Waals surface area contributed by atoms with Crippen molar-refractivity contribution in [3.63, 3.8) is 0 Å². The molecule has 0 spiro atoms. The van der Waals surface area contributed by atoms with Crippen molar-refractivity contribution in [2.24, 2.45) is 0 Å². The number of methoxy groups -OCH3 is 2. The highest BCUT2D eigenvalue weighted by atomic mass is 16.7. The molecule has 0 bridgehead atoms. The van der Waals surface area contributed by atoms with Crippen LogP contribution >= 0.6 is 0 Å². The molecule has 3 rings (SSSR count). The molecule has 0 aromatic heterocycles. The Bertz CT molecular complexity index is 819. The highest BCUT2D eigenvalue weighted by molar-refractivity contribution is 5.75. The van der Waals surface area contributed by atoms with Gasteiger partial charge in [-0.2, -0.15) is 0 Å². The van der Waals surface area contributed by atoms with Crippen LogP contribution in [0.4, 0.5) is 4.79 Å². The predicted octanol–water partition coefficient (Wildman–Crippen LogP) is 2.21. The molecule has 2 N–H and O–H groups in total. The number of carbonyl (C=O) groups is 1.